The molecule has 0 heteroatoms. The molecule has 0 aromatic rings. The molecular formula is C24H38. The van der Waals surface area contributed by atoms with Gasteiger partial charge in [0.1, 0.15) is 0 Å². The smallest absolute Gasteiger partial charge is 0.00851 e. The summed E-state index contributed by atoms with van der Waals surface area (Å²) in [6.07, 6.45) is 16.7. The number of allylic oxidation sites excluding steroid dienone is 4. The SMILES string of the molecule is C/C=C(\C)C1CCC2C3CC=C4CC(C)CCC4(C)C3CCC12C. The van der Waals surface area contributed by atoms with Crippen molar-refractivity contribution in [3.05, 3.63) is 23.3 Å². The average molecular weight is 327 g/mol. The van der Waals surface area contributed by atoms with Gasteiger partial charge in [-0.3, -0.25) is 0 Å². The number of hydrogen-bond donors (Lipinski definition) is 0. The monoisotopic (exact) mass is 326 g/mol. The highest BCUT2D eigenvalue weighted by molar-refractivity contribution is 5.26. The molecular weight excluding hydrogens is 288 g/mol. The Morgan fingerprint density at radius 1 is 1.08 bits per heavy atom. The molecule has 0 aliphatic heterocycles. The minimum atomic E-state index is 0.546. The number of fused-ring (bicyclic) bond motifs is 5. The van der Waals surface area contributed by atoms with E-state index < -0.39 is 0 Å². The Bertz CT molecular complexity index is 567. The largest absolute Gasteiger partial charge is 0.0884 e. The maximum Gasteiger partial charge on any atom is -0.00851 e. The molecule has 0 bridgehead atoms. The zero-order valence-corrected chi connectivity index (χ0v) is 16.7. The highest BCUT2D eigenvalue weighted by atomic mass is 14.6. The highest BCUT2D eigenvalue weighted by Crippen LogP contribution is 2.67. The molecule has 7 unspecified atom stereocenters. The van der Waals surface area contributed by atoms with Gasteiger partial charge < -0.3 is 0 Å². The van der Waals surface area contributed by atoms with E-state index in [9.17, 15) is 0 Å². The van der Waals surface area contributed by atoms with E-state index >= 15 is 0 Å². The van der Waals surface area contributed by atoms with Gasteiger partial charge in [-0.25, -0.2) is 0 Å². The lowest BCUT2D eigenvalue weighted by Gasteiger charge is -2.58. The Labute approximate surface area is 150 Å². The van der Waals surface area contributed by atoms with E-state index in [1.165, 1.54) is 51.4 Å². The van der Waals surface area contributed by atoms with Crippen molar-refractivity contribution in [2.45, 2.75) is 86.0 Å². The second kappa shape index (κ2) is 5.75. The summed E-state index contributed by atoms with van der Waals surface area (Å²) in [5.74, 6) is 4.71. The molecule has 134 valence electrons. The van der Waals surface area contributed by atoms with Crippen LogP contribution in [0.3, 0.4) is 0 Å². The lowest BCUT2D eigenvalue weighted by Crippen LogP contribution is -2.50. The van der Waals surface area contributed by atoms with Crippen molar-refractivity contribution in [1.82, 2.24) is 0 Å². The van der Waals surface area contributed by atoms with E-state index in [0.717, 1.165) is 29.6 Å². The van der Waals surface area contributed by atoms with Gasteiger partial charge in [-0.2, -0.15) is 0 Å². The van der Waals surface area contributed by atoms with Gasteiger partial charge in [0.05, 0.1) is 0 Å². The van der Waals surface area contributed by atoms with E-state index in [-0.39, 0.29) is 0 Å². The molecule has 0 heterocycles. The third-order valence-electron chi connectivity index (χ3n) is 9.36. The first kappa shape index (κ1) is 16.9. The summed E-state index contributed by atoms with van der Waals surface area (Å²) in [6, 6.07) is 0. The van der Waals surface area contributed by atoms with Crippen LogP contribution in [0.25, 0.3) is 0 Å². The van der Waals surface area contributed by atoms with Gasteiger partial charge in [-0.15, -0.1) is 0 Å². The van der Waals surface area contributed by atoms with Crippen molar-refractivity contribution < 1.29 is 0 Å². The third-order valence-corrected chi connectivity index (χ3v) is 9.36. The summed E-state index contributed by atoms with van der Waals surface area (Å²) in [7, 11) is 0. The van der Waals surface area contributed by atoms with E-state index in [1.807, 2.05) is 5.57 Å². The van der Waals surface area contributed by atoms with Gasteiger partial charge >= 0.3 is 0 Å². The van der Waals surface area contributed by atoms with Crippen LogP contribution in [0.15, 0.2) is 23.3 Å². The maximum absolute atomic E-state index is 2.72. The minimum absolute atomic E-state index is 0.546. The quantitative estimate of drug-likeness (QED) is 0.448. The molecule has 3 fully saturated rings. The van der Waals surface area contributed by atoms with Crippen LogP contribution in [0.1, 0.15) is 86.0 Å². The summed E-state index contributed by atoms with van der Waals surface area (Å²) in [5.41, 5.74) is 4.65. The Morgan fingerprint density at radius 3 is 2.62 bits per heavy atom. The normalized spacial score (nSPS) is 51.5. The average Bonchev–Trinajstić information content (AvgIpc) is 2.92. The molecule has 4 aliphatic rings. The maximum atomic E-state index is 2.72. The Balaban J connectivity index is 1.65. The van der Waals surface area contributed by atoms with E-state index in [0.29, 0.717) is 10.8 Å². The first-order valence-electron chi connectivity index (χ1n) is 10.7. The van der Waals surface area contributed by atoms with Crippen molar-refractivity contribution >= 4 is 0 Å². The zero-order chi connectivity index (χ0) is 17.1. The van der Waals surface area contributed by atoms with Crippen LogP contribution in [-0.2, 0) is 0 Å². The standard InChI is InChI=1S/C24H38/c1-6-17(3)20-9-10-21-19-8-7-18-15-16(2)11-13-23(18,4)22(19)12-14-24(20,21)5/h6-7,16,19-22H,8-15H2,1-5H3/b17-6+. The molecule has 0 amide bonds. The highest BCUT2D eigenvalue weighted by Gasteiger charge is 2.58. The predicted octanol–water partition coefficient (Wildman–Crippen LogP) is 7.17. The molecule has 0 saturated heterocycles. The van der Waals surface area contributed by atoms with Crippen LogP contribution in [0, 0.1) is 40.4 Å². The fourth-order valence-corrected chi connectivity index (χ4v) is 7.79. The summed E-state index contributed by atoms with van der Waals surface area (Å²) in [4.78, 5) is 0. The summed E-state index contributed by atoms with van der Waals surface area (Å²) in [5, 5.41) is 0. The zero-order valence-electron chi connectivity index (χ0n) is 16.7. The van der Waals surface area contributed by atoms with Crippen molar-refractivity contribution in [2.75, 3.05) is 0 Å². The van der Waals surface area contributed by atoms with Crippen LogP contribution in [0.5, 0.6) is 0 Å². The lowest BCUT2D eigenvalue weighted by atomic mass is 9.47. The Hall–Kier alpha value is -0.520. The van der Waals surface area contributed by atoms with Crippen LogP contribution < -0.4 is 0 Å². The van der Waals surface area contributed by atoms with Crippen LogP contribution in [-0.4, -0.2) is 0 Å². The summed E-state index contributed by atoms with van der Waals surface area (Å²) >= 11 is 0. The van der Waals surface area contributed by atoms with Crippen LogP contribution in [0.2, 0.25) is 0 Å². The second-order valence-corrected chi connectivity index (χ2v) is 10.3. The molecule has 24 heavy (non-hydrogen) atoms. The van der Waals surface area contributed by atoms with E-state index in [4.69, 9.17) is 0 Å². The first-order chi connectivity index (χ1) is 11.4. The van der Waals surface area contributed by atoms with Gasteiger partial charge in [0, 0.05) is 0 Å². The summed E-state index contributed by atoms with van der Waals surface area (Å²) in [6.45, 7) is 12.4. The predicted molar refractivity (Wildman–Crippen MR) is 104 cm³/mol. The second-order valence-electron chi connectivity index (χ2n) is 10.3. The van der Waals surface area contributed by atoms with Crippen molar-refractivity contribution in [3.63, 3.8) is 0 Å². The van der Waals surface area contributed by atoms with Gasteiger partial charge in [0.15, 0.2) is 0 Å². The Kier molecular flexibility index (Phi) is 4.05. The lowest BCUT2D eigenvalue weighted by molar-refractivity contribution is -0.0388. The van der Waals surface area contributed by atoms with Crippen LogP contribution in [0.4, 0.5) is 0 Å². The van der Waals surface area contributed by atoms with E-state index in [2.05, 4.69) is 46.8 Å². The molecule has 0 spiro atoms. The minimum Gasteiger partial charge on any atom is -0.0884 e. The molecule has 0 nitrogen and oxygen atoms in total. The van der Waals surface area contributed by atoms with Gasteiger partial charge in [-0.1, -0.05) is 44.1 Å². The molecule has 3 saturated carbocycles. The van der Waals surface area contributed by atoms with Gasteiger partial charge in [0.25, 0.3) is 0 Å². The molecule has 0 N–H and O–H groups in total. The molecule has 0 radical (unpaired) electrons. The third kappa shape index (κ3) is 2.24. The van der Waals surface area contributed by atoms with Crippen molar-refractivity contribution in [3.8, 4) is 0 Å². The first-order valence-corrected chi connectivity index (χ1v) is 10.7. The number of rotatable bonds is 1. The summed E-state index contributed by atoms with van der Waals surface area (Å²) < 4.78 is 0. The van der Waals surface area contributed by atoms with Crippen molar-refractivity contribution in [1.29, 1.82) is 0 Å². The van der Waals surface area contributed by atoms with Crippen LogP contribution >= 0.6 is 0 Å². The topological polar surface area (TPSA) is 0 Å². The molecule has 7 atom stereocenters. The molecule has 4 rings (SSSR count). The van der Waals surface area contributed by atoms with E-state index in [1.54, 1.807) is 5.57 Å². The van der Waals surface area contributed by atoms with Gasteiger partial charge in [0.2, 0.25) is 0 Å². The fourth-order valence-electron chi connectivity index (χ4n) is 7.79. The molecule has 0 aromatic heterocycles. The molecule has 4 aliphatic carbocycles. The fraction of sp³-hybridized carbons (Fsp3) is 0.833. The number of hydrogen-bond acceptors (Lipinski definition) is 0. The van der Waals surface area contributed by atoms with Gasteiger partial charge in [-0.05, 0) is 106 Å². The Morgan fingerprint density at radius 2 is 1.88 bits per heavy atom. The molecule has 0 aromatic carbocycles. The van der Waals surface area contributed by atoms with Crippen molar-refractivity contribution in [2.24, 2.45) is 40.4 Å².